The SMILES string of the molecule is C(=Cc1ncc(-c2ccccc2)cc1-c1ccccc1)c1ccccc1. The van der Waals surface area contributed by atoms with Crippen molar-refractivity contribution in [1.82, 2.24) is 4.98 Å². The highest BCUT2D eigenvalue weighted by Gasteiger charge is 2.07. The molecule has 0 aliphatic carbocycles. The monoisotopic (exact) mass is 333 g/mol. The Bertz CT molecular complexity index is 1000. The lowest BCUT2D eigenvalue weighted by atomic mass is 9.98. The summed E-state index contributed by atoms with van der Waals surface area (Å²) in [6.45, 7) is 0. The largest absolute Gasteiger partial charge is 0.256 e. The van der Waals surface area contributed by atoms with Gasteiger partial charge in [0.05, 0.1) is 5.69 Å². The lowest BCUT2D eigenvalue weighted by Gasteiger charge is -2.09. The van der Waals surface area contributed by atoms with Crippen LogP contribution in [0.3, 0.4) is 0 Å². The van der Waals surface area contributed by atoms with E-state index < -0.39 is 0 Å². The van der Waals surface area contributed by atoms with Gasteiger partial charge in [0.25, 0.3) is 0 Å². The average Bonchev–Trinajstić information content (AvgIpc) is 2.74. The van der Waals surface area contributed by atoms with Crippen LogP contribution in [0, 0.1) is 0 Å². The molecule has 1 heterocycles. The number of nitrogens with zero attached hydrogens (tertiary/aromatic N) is 1. The number of hydrogen-bond acceptors (Lipinski definition) is 1. The highest BCUT2D eigenvalue weighted by atomic mass is 14.7. The van der Waals surface area contributed by atoms with Crippen LogP contribution in [0.5, 0.6) is 0 Å². The van der Waals surface area contributed by atoms with E-state index in [1.807, 2.05) is 36.5 Å². The molecule has 26 heavy (non-hydrogen) atoms. The fourth-order valence-corrected chi connectivity index (χ4v) is 2.98. The van der Waals surface area contributed by atoms with Crippen molar-refractivity contribution in [3.63, 3.8) is 0 Å². The first-order chi connectivity index (χ1) is 12.9. The van der Waals surface area contributed by atoms with Crippen LogP contribution in [0.1, 0.15) is 11.3 Å². The third-order valence-electron chi connectivity index (χ3n) is 4.34. The Kier molecular flexibility index (Phi) is 4.70. The van der Waals surface area contributed by atoms with Gasteiger partial charge in [-0.2, -0.15) is 0 Å². The van der Waals surface area contributed by atoms with Gasteiger partial charge in [-0.1, -0.05) is 97.1 Å². The molecule has 0 bridgehead atoms. The van der Waals surface area contributed by atoms with Crippen molar-refractivity contribution in [3.05, 3.63) is 115 Å². The standard InChI is InChI=1S/C25H19N/c1-4-10-20(11-5-1)16-17-25-24(22-14-8-3-9-15-22)18-23(19-26-25)21-12-6-2-7-13-21/h1-19H. The predicted octanol–water partition coefficient (Wildman–Crippen LogP) is 6.59. The highest BCUT2D eigenvalue weighted by molar-refractivity contribution is 5.82. The van der Waals surface area contributed by atoms with Gasteiger partial charge in [0.1, 0.15) is 0 Å². The minimum atomic E-state index is 0.972. The smallest absolute Gasteiger partial charge is 0.0708 e. The summed E-state index contributed by atoms with van der Waals surface area (Å²) in [5, 5.41) is 0. The second-order valence-electron chi connectivity index (χ2n) is 6.13. The molecule has 4 aromatic rings. The fourth-order valence-electron chi connectivity index (χ4n) is 2.98. The number of hydrogen-bond donors (Lipinski definition) is 0. The average molecular weight is 333 g/mol. The Morgan fingerprint density at radius 2 is 1.12 bits per heavy atom. The number of aromatic nitrogens is 1. The zero-order valence-corrected chi connectivity index (χ0v) is 14.4. The molecule has 4 rings (SSSR count). The molecule has 1 heteroatoms. The van der Waals surface area contributed by atoms with Crippen molar-refractivity contribution < 1.29 is 0 Å². The lowest BCUT2D eigenvalue weighted by Crippen LogP contribution is -1.90. The van der Waals surface area contributed by atoms with Crippen molar-refractivity contribution in [2.75, 3.05) is 0 Å². The summed E-state index contributed by atoms with van der Waals surface area (Å²) >= 11 is 0. The van der Waals surface area contributed by atoms with Crippen LogP contribution in [-0.4, -0.2) is 4.98 Å². The van der Waals surface area contributed by atoms with E-state index in [-0.39, 0.29) is 0 Å². The van der Waals surface area contributed by atoms with Gasteiger partial charge in [-0.25, -0.2) is 0 Å². The quantitative estimate of drug-likeness (QED) is 0.411. The molecular formula is C25H19N. The molecule has 1 nitrogen and oxygen atoms in total. The summed E-state index contributed by atoms with van der Waals surface area (Å²) < 4.78 is 0. The van der Waals surface area contributed by atoms with Gasteiger partial charge < -0.3 is 0 Å². The molecule has 124 valence electrons. The van der Waals surface area contributed by atoms with Crippen molar-refractivity contribution >= 4 is 12.2 Å². The molecule has 0 aliphatic rings. The van der Waals surface area contributed by atoms with Crippen molar-refractivity contribution in [3.8, 4) is 22.3 Å². The van der Waals surface area contributed by atoms with Crippen LogP contribution in [0.2, 0.25) is 0 Å². The van der Waals surface area contributed by atoms with E-state index >= 15 is 0 Å². The summed E-state index contributed by atoms with van der Waals surface area (Å²) in [7, 11) is 0. The van der Waals surface area contributed by atoms with E-state index in [9.17, 15) is 0 Å². The van der Waals surface area contributed by atoms with E-state index in [0.717, 1.165) is 16.8 Å². The summed E-state index contributed by atoms with van der Waals surface area (Å²) in [4.78, 5) is 4.76. The molecular weight excluding hydrogens is 314 g/mol. The molecule has 0 N–H and O–H groups in total. The Balaban J connectivity index is 1.79. The molecule has 3 aromatic carbocycles. The predicted molar refractivity (Wildman–Crippen MR) is 110 cm³/mol. The third-order valence-corrected chi connectivity index (χ3v) is 4.34. The first kappa shape index (κ1) is 16.0. The van der Waals surface area contributed by atoms with Crippen LogP contribution < -0.4 is 0 Å². The van der Waals surface area contributed by atoms with E-state index in [1.54, 1.807) is 0 Å². The van der Waals surface area contributed by atoms with Gasteiger partial charge >= 0.3 is 0 Å². The second kappa shape index (κ2) is 7.62. The van der Waals surface area contributed by atoms with Gasteiger partial charge in [-0.3, -0.25) is 4.98 Å². The van der Waals surface area contributed by atoms with Crippen molar-refractivity contribution in [1.29, 1.82) is 0 Å². The van der Waals surface area contributed by atoms with Gasteiger partial charge in [0, 0.05) is 17.3 Å². The summed E-state index contributed by atoms with van der Waals surface area (Å²) in [5.74, 6) is 0. The Morgan fingerprint density at radius 3 is 1.77 bits per heavy atom. The molecule has 0 unspecified atom stereocenters. The molecule has 0 saturated carbocycles. The molecule has 0 aliphatic heterocycles. The van der Waals surface area contributed by atoms with E-state index in [1.165, 1.54) is 16.7 Å². The lowest BCUT2D eigenvalue weighted by molar-refractivity contribution is 1.30. The zero-order chi connectivity index (χ0) is 17.6. The normalized spacial score (nSPS) is 10.9. The summed E-state index contributed by atoms with van der Waals surface area (Å²) in [6.07, 6.45) is 6.15. The Morgan fingerprint density at radius 1 is 0.538 bits per heavy atom. The minimum absolute atomic E-state index is 0.972. The molecule has 0 amide bonds. The first-order valence-corrected chi connectivity index (χ1v) is 8.74. The van der Waals surface area contributed by atoms with Gasteiger partial charge in [0.2, 0.25) is 0 Å². The third kappa shape index (κ3) is 3.62. The minimum Gasteiger partial charge on any atom is -0.256 e. The van der Waals surface area contributed by atoms with Gasteiger partial charge in [0.15, 0.2) is 0 Å². The first-order valence-electron chi connectivity index (χ1n) is 8.74. The van der Waals surface area contributed by atoms with Crippen LogP contribution in [-0.2, 0) is 0 Å². The van der Waals surface area contributed by atoms with E-state index in [2.05, 4.69) is 78.9 Å². The van der Waals surface area contributed by atoms with Crippen molar-refractivity contribution in [2.45, 2.75) is 0 Å². The molecule has 0 atom stereocenters. The summed E-state index contributed by atoms with van der Waals surface area (Å²) in [6, 6.07) is 33.3. The van der Waals surface area contributed by atoms with Crippen LogP contribution in [0.25, 0.3) is 34.4 Å². The molecule has 0 saturated heterocycles. The number of benzene rings is 3. The fraction of sp³-hybridized carbons (Fsp3) is 0. The topological polar surface area (TPSA) is 12.9 Å². The molecule has 0 radical (unpaired) electrons. The second-order valence-corrected chi connectivity index (χ2v) is 6.13. The van der Waals surface area contributed by atoms with Gasteiger partial charge in [-0.05, 0) is 28.8 Å². The van der Waals surface area contributed by atoms with Crippen LogP contribution in [0.15, 0.2) is 103 Å². The maximum atomic E-state index is 4.76. The zero-order valence-electron chi connectivity index (χ0n) is 14.4. The van der Waals surface area contributed by atoms with Crippen LogP contribution in [0.4, 0.5) is 0 Å². The van der Waals surface area contributed by atoms with E-state index in [4.69, 9.17) is 4.98 Å². The molecule has 1 aromatic heterocycles. The summed E-state index contributed by atoms with van der Waals surface area (Å²) in [5.41, 5.74) is 6.75. The molecule has 0 spiro atoms. The Labute approximate surface area is 154 Å². The number of pyridine rings is 1. The van der Waals surface area contributed by atoms with Crippen LogP contribution >= 0.6 is 0 Å². The highest BCUT2D eigenvalue weighted by Crippen LogP contribution is 2.29. The maximum Gasteiger partial charge on any atom is 0.0708 e. The maximum absolute atomic E-state index is 4.76. The Hall–Kier alpha value is -3.45. The van der Waals surface area contributed by atoms with E-state index in [0.29, 0.717) is 0 Å². The van der Waals surface area contributed by atoms with Crippen molar-refractivity contribution in [2.24, 2.45) is 0 Å². The number of rotatable bonds is 4. The van der Waals surface area contributed by atoms with Gasteiger partial charge in [-0.15, -0.1) is 0 Å². The molecule has 0 fully saturated rings.